The molecule has 6 nitrogen and oxygen atoms in total. The Bertz CT molecular complexity index is 642. The number of hydrogen-bond acceptors (Lipinski definition) is 6. The third kappa shape index (κ3) is 3.96. The second-order valence-corrected chi connectivity index (χ2v) is 6.11. The molecular formula is C17H24N6. The molecule has 0 atom stereocenters. The Hall–Kier alpha value is -2.21. The Kier molecular flexibility index (Phi) is 5.02. The normalized spacial score (nSPS) is 14.0. The molecule has 1 aliphatic heterocycles. The van der Waals surface area contributed by atoms with Gasteiger partial charge < -0.3 is 15.1 Å². The Morgan fingerprint density at radius 2 is 2.13 bits per heavy atom. The van der Waals surface area contributed by atoms with E-state index >= 15 is 0 Å². The molecule has 1 aliphatic rings. The van der Waals surface area contributed by atoms with Crippen molar-refractivity contribution >= 4 is 17.5 Å². The number of nitrogens with one attached hydrogen (secondary N) is 1. The summed E-state index contributed by atoms with van der Waals surface area (Å²) in [6.07, 6.45) is 4.98. The van der Waals surface area contributed by atoms with E-state index in [-0.39, 0.29) is 0 Å². The fourth-order valence-electron chi connectivity index (χ4n) is 2.85. The van der Waals surface area contributed by atoms with Gasteiger partial charge in [-0.25, -0.2) is 0 Å². The lowest BCUT2D eigenvalue weighted by Gasteiger charge is -2.29. The maximum Gasteiger partial charge on any atom is 0.251 e. The van der Waals surface area contributed by atoms with Gasteiger partial charge in [-0.15, -0.1) is 5.10 Å². The highest BCUT2D eigenvalue weighted by Gasteiger charge is 2.20. The SMILES string of the molecule is CN(C)CCCNc1cnnc(N2CCCc3ccccc32)n1. The number of hydrogen-bond donors (Lipinski definition) is 1. The van der Waals surface area contributed by atoms with Crippen molar-refractivity contribution in [2.75, 3.05) is 43.9 Å². The van der Waals surface area contributed by atoms with Crippen molar-refractivity contribution in [1.29, 1.82) is 0 Å². The van der Waals surface area contributed by atoms with Crippen LogP contribution >= 0.6 is 0 Å². The van der Waals surface area contributed by atoms with Crippen molar-refractivity contribution in [1.82, 2.24) is 20.1 Å². The predicted molar refractivity (Wildman–Crippen MR) is 93.3 cm³/mol. The van der Waals surface area contributed by atoms with Gasteiger partial charge in [-0.2, -0.15) is 10.1 Å². The average molecular weight is 312 g/mol. The van der Waals surface area contributed by atoms with E-state index in [2.05, 4.69) is 68.7 Å². The van der Waals surface area contributed by atoms with Crippen LogP contribution in [0.5, 0.6) is 0 Å². The molecule has 0 spiro atoms. The third-order valence-electron chi connectivity index (χ3n) is 3.99. The molecule has 23 heavy (non-hydrogen) atoms. The van der Waals surface area contributed by atoms with Gasteiger partial charge in [0.15, 0.2) is 5.82 Å². The Labute approximate surface area is 137 Å². The molecule has 1 aromatic heterocycles. The Morgan fingerprint density at radius 1 is 1.26 bits per heavy atom. The minimum atomic E-state index is 0.676. The minimum Gasteiger partial charge on any atom is -0.369 e. The monoisotopic (exact) mass is 312 g/mol. The van der Waals surface area contributed by atoms with Crippen LogP contribution < -0.4 is 10.2 Å². The quantitative estimate of drug-likeness (QED) is 0.826. The molecule has 2 aromatic rings. The van der Waals surface area contributed by atoms with Crippen molar-refractivity contribution < 1.29 is 0 Å². The molecule has 1 N–H and O–H groups in total. The summed E-state index contributed by atoms with van der Waals surface area (Å²) in [6.45, 7) is 2.87. The molecule has 1 aromatic carbocycles. The van der Waals surface area contributed by atoms with Crippen LogP contribution in [0.3, 0.4) is 0 Å². The van der Waals surface area contributed by atoms with Gasteiger partial charge in [0.05, 0.1) is 6.20 Å². The first kappa shape index (κ1) is 15.7. The molecule has 0 radical (unpaired) electrons. The Balaban J connectivity index is 1.71. The van der Waals surface area contributed by atoms with Crippen LogP contribution in [0.1, 0.15) is 18.4 Å². The lowest BCUT2D eigenvalue weighted by atomic mass is 10.0. The molecule has 2 heterocycles. The van der Waals surface area contributed by atoms with Crippen LogP contribution in [-0.2, 0) is 6.42 Å². The van der Waals surface area contributed by atoms with E-state index in [1.807, 2.05) is 0 Å². The summed E-state index contributed by atoms with van der Waals surface area (Å²) in [7, 11) is 4.16. The summed E-state index contributed by atoms with van der Waals surface area (Å²) in [5.74, 6) is 1.46. The first-order chi connectivity index (χ1) is 11.2. The first-order valence-corrected chi connectivity index (χ1v) is 8.18. The lowest BCUT2D eigenvalue weighted by Crippen LogP contribution is -2.26. The predicted octanol–water partition coefficient (Wildman–Crippen LogP) is 2.32. The summed E-state index contributed by atoms with van der Waals surface area (Å²) in [5.41, 5.74) is 2.55. The van der Waals surface area contributed by atoms with Gasteiger partial charge in [-0.05, 0) is 51.5 Å². The summed E-state index contributed by atoms with van der Waals surface area (Å²) in [6, 6.07) is 8.46. The van der Waals surface area contributed by atoms with Crippen molar-refractivity contribution in [2.24, 2.45) is 0 Å². The van der Waals surface area contributed by atoms with Gasteiger partial charge in [0.25, 0.3) is 5.95 Å². The number of rotatable bonds is 6. The summed E-state index contributed by atoms with van der Waals surface area (Å²) in [5, 5.41) is 11.7. The maximum absolute atomic E-state index is 4.64. The van der Waals surface area contributed by atoms with Crippen molar-refractivity contribution in [3.63, 3.8) is 0 Å². The van der Waals surface area contributed by atoms with E-state index in [0.29, 0.717) is 5.95 Å². The van der Waals surface area contributed by atoms with E-state index in [0.717, 1.165) is 44.7 Å². The summed E-state index contributed by atoms with van der Waals surface area (Å²) >= 11 is 0. The largest absolute Gasteiger partial charge is 0.369 e. The zero-order valence-corrected chi connectivity index (χ0v) is 13.9. The highest BCUT2D eigenvalue weighted by molar-refractivity contribution is 5.63. The summed E-state index contributed by atoms with van der Waals surface area (Å²) in [4.78, 5) is 8.98. The lowest BCUT2D eigenvalue weighted by molar-refractivity contribution is 0.405. The topological polar surface area (TPSA) is 57.2 Å². The first-order valence-electron chi connectivity index (χ1n) is 8.18. The van der Waals surface area contributed by atoms with Crippen molar-refractivity contribution in [3.8, 4) is 0 Å². The van der Waals surface area contributed by atoms with E-state index in [1.165, 1.54) is 11.3 Å². The van der Waals surface area contributed by atoms with E-state index < -0.39 is 0 Å². The number of nitrogens with zero attached hydrogens (tertiary/aromatic N) is 5. The van der Waals surface area contributed by atoms with E-state index in [4.69, 9.17) is 0 Å². The number of fused-ring (bicyclic) bond motifs is 1. The van der Waals surface area contributed by atoms with Gasteiger partial charge >= 0.3 is 0 Å². The molecule has 3 rings (SSSR count). The van der Waals surface area contributed by atoms with Gasteiger partial charge in [0.1, 0.15) is 0 Å². The Morgan fingerprint density at radius 3 is 3.00 bits per heavy atom. The van der Waals surface area contributed by atoms with Gasteiger partial charge in [-0.3, -0.25) is 0 Å². The molecule has 0 fully saturated rings. The number of aromatic nitrogens is 3. The van der Waals surface area contributed by atoms with Gasteiger partial charge in [-0.1, -0.05) is 18.2 Å². The van der Waals surface area contributed by atoms with Crippen LogP contribution in [-0.4, -0.2) is 53.8 Å². The van der Waals surface area contributed by atoms with E-state index in [9.17, 15) is 0 Å². The molecule has 0 bridgehead atoms. The zero-order chi connectivity index (χ0) is 16.1. The van der Waals surface area contributed by atoms with Gasteiger partial charge in [0.2, 0.25) is 0 Å². The highest BCUT2D eigenvalue weighted by Crippen LogP contribution is 2.31. The molecule has 0 saturated carbocycles. The number of para-hydroxylation sites is 1. The smallest absolute Gasteiger partial charge is 0.251 e. The van der Waals surface area contributed by atoms with Crippen LogP contribution in [0.25, 0.3) is 0 Å². The minimum absolute atomic E-state index is 0.676. The van der Waals surface area contributed by atoms with Crippen LogP contribution in [0, 0.1) is 0 Å². The second-order valence-electron chi connectivity index (χ2n) is 6.11. The second kappa shape index (κ2) is 7.37. The van der Waals surface area contributed by atoms with Crippen LogP contribution in [0.2, 0.25) is 0 Å². The molecule has 0 saturated heterocycles. The molecule has 0 aliphatic carbocycles. The van der Waals surface area contributed by atoms with Crippen molar-refractivity contribution in [3.05, 3.63) is 36.0 Å². The number of benzene rings is 1. The molecule has 6 heteroatoms. The fraction of sp³-hybridized carbons (Fsp3) is 0.471. The van der Waals surface area contributed by atoms with Gasteiger partial charge in [0, 0.05) is 18.8 Å². The van der Waals surface area contributed by atoms with E-state index in [1.54, 1.807) is 6.20 Å². The van der Waals surface area contributed by atoms with Crippen LogP contribution in [0.15, 0.2) is 30.5 Å². The highest BCUT2D eigenvalue weighted by atomic mass is 15.3. The number of anilines is 3. The molecule has 0 unspecified atom stereocenters. The number of aryl methyl sites for hydroxylation is 1. The molecule has 122 valence electrons. The summed E-state index contributed by atoms with van der Waals surface area (Å²) < 4.78 is 0. The fourth-order valence-corrected chi connectivity index (χ4v) is 2.85. The third-order valence-corrected chi connectivity index (χ3v) is 3.99. The standard InChI is InChI=1S/C17H24N6/c1-22(2)11-6-10-18-16-13-19-21-17(20-16)23-12-5-8-14-7-3-4-9-15(14)23/h3-4,7,9,13H,5-6,8,10-12H2,1-2H3,(H,18,20,21). The van der Waals surface area contributed by atoms with Crippen molar-refractivity contribution in [2.45, 2.75) is 19.3 Å². The zero-order valence-electron chi connectivity index (χ0n) is 13.9. The average Bonchev–Trinajstić information content (AvgIpc) is 2.58. The van der Waals surface area contributed by atoms with Crippen LogP contribution in [0.4, 0.5) is 17.5 Å². The maximum atomic E-state index is 4.64. The molecular weight excluding hydrogens is 288 g/mol. The molecule has 0 amide bonds.